The Morgan fingerprint density at radius 2 is 2.00 bits per heavy atom. The molecule has 0 aromatic heterocycles. The highest BCUT2D eigenvalue weighted by molar-refractivity contribution is 7.85. The molecule has 0 amide bonds. The van der Waals surface area contributed by atoms with Crippen molar-refractivity contribution in [3.63, 3.8) is 0 Å². The van der Waals surface area contributed by atoms with Gasteiger partial charge < -0.3 is 14.2 Å². The normalized spacial score (nSPS) is 20.5. The molecule has 1 heterocycles. The summed E-state index contributed by atoms with van der Waals surface area (Å²) < 4.78 is 43.9. The molecular weight excluding hydrogens is 308 g/mol. The van der Waals surface area contributed by atoms with E-state index >= 15 is 0 Å². The van der Waals surface area contributed by atoms with E-state index in [4.69, 9.17) is 18.4 Å². The van der Waals surface area contributed by atoms with E-state index in [1.165, 1.54) is 0 Å². The van der Waals surface area contributed by atoms with E-state index in [0.717, 1.165) is 36.8 Å². The standard InChI is InChI=1S/C15H22O6S/c1-18-13-8-6-12(7-9-13)14(11-20-22(2,16)17)21-15-5-3-4-10-19-15/h6-9,14-15H,3-5,10-11H2,1-2H3. The van der Waals surface area contributed by atoms with Gasteiger partial charge in [-0.05, 0) is 37.0 Å². The number of hydrogen-bond acceptors (Lipinski definition) is 6. The molecule has 0 aliphatic carbocycles. The second kappa shape index (κ2) is 7.92. The average molecular weight is 330 g/mol. The van der Waals surface area contributed by atoms with E-state index in [-0.39, 0.29) is 12.9 Å². The third-order valence-electron chi connectivity index (χ3n) is 3.38. The Labute approximate surface area is 131 Å². The quantitative estimate of drug-likeness (QED) is 0.714. The maximum Gasteiger partial charge on any atom is 0.264 e. The lowest BCUT2D eigenvalue weighted by atomic mass is 10.1. The minimum Gasteiger partial charge on any atom is -0.497 e. The van der Waals surface area contributed by atoms with Gasteiger partial charge in [-0.15, -0.1) is 0 Å². The van der Waals surface area contributed by atoms with Gasteiger partial charge in [-0.3, -0.25) is 4.18 Å². The SMILES string of the molecule is COc1ccc(C(COS(C)(=O)=O)OC2CCCCO2)cc1. The second-order valence-electron chi connectivity index (χ2n) is 5.18. The van der Waals surface area contributed by atoms with Crippen molar-refractivity contribution >= 4 is 10.1 Å². The maximum atomic E-state index is 11.2. The van der Waals surface area contributed by atoms with Crippen LogP contribution in [0.4, 0.5) is 0 Å². The van der Waals surface area contributed by atoms with Gasteiger partial charge in [0.15, 0.2) is 6.29 Å². The van der Waals surface area contributed by atoms with Crippen molar-refractivity contribution in [3.05, 3.63) is 29.8 Å². The Morgan fingerprint density at radius 1 is 1.27 bits per heavy atom. The molecule has 124 valence electrons. The first kappa shape index (κ1) is 17.2. The molecule has 1 aliphatic rings. The lowest BCUT2D eigenvalue weighted by Crippen LogP contribution is -2.27. The Balaban J connectivity index is 2.08. The van der Waals surface area contributed by atoms with Crippen LogP contribution in [-0.2, 0) is 23.8 Å². The van der Waals surface area contributed by atoms with Crippen molar-refractivity contribution in [2.24, 2.45) is 0 Å². The summed E-state index contributed by atoms with van der Waals surface area (Å²) >= 11 is 0. The van der Waals surface area contributed by atoms with Crippen LogP contribution in [0, 0.1) is 0 Å². The molecule has 1 aliphatic heterocycles. The first-order chi connectivity index (χ1) is 10.5. The monoisotopic (exact) mass is 330 g/mol. The minimum absolute atomic E-state index is 0.0784. The largest absolute Gasteiger partial charge is 0.497 e. The summed E-state index contributed by atoms with van der Waals surface area (Å²) in [5.41, 5.74) is 0.818. The van der Waals surface area contributed by atoms with Gasteiger partial charge in [-0.25, -0.2) is 0 Å². The molecule has 0 spiro atoms. The molecule has 0 saturated carbocycles. The molecule has 0 radical (unpaired) electrons. The summed E-state index contributed by atoms with van der Waals surface area (Å²) in [5, 5.41) is 0. The molecule has 7 heteroatoms. The van der Waals surface area contributed by atoms with Crippen LogP contribution in [0.5, 0.6) is 5.75 Å². The third kappa shape index (κ3) is 5.57. The van der Waals surface area contributed by atoms with E-state index in [1.807, 2.05) is 12.1 Å². The zero-order chi connectivity index (χ0) is 16.0. The highest BCUT2D eigenvalue weighted by Gasteiger charge is 2.23. The van der Waals surface area contributed by atoms with E-state index in [1.54, 1.807) is 19.2 Å². The molecule has 22 heavy (non-hydrogen) atoms. The molecule has 2 rings (SSSR count). The molecular formula is C15H22O6S. The maximum absolute atomic E-state index is 11.2. The fourth-order valence-corrected chi connectivity index (χ4v) is 2.59. The molecule has 0 bridgehead atoms. The minimum atomic E-state index is -3.53. The molecule has 6 nitrogen and oxygen atoms in total. The molecule has 1 saturated heterocycles. The van der Waals surface area contributed by atoms with Gasteiger partial charge in [0, 0.05) is 6.61 Å². The number of methoxy groups -OCH3 is 1. The predicted molar refractivity (Wildman–Crippen MR) is 81.2 cm³/mol. The molecule has 1 aromatic rings. The third-order valence-corrected chi connectivity index (χ3v) is 3.94. The van der Waals surface area contributed by atoms with Crippen LogP contribution in [0.25, 0.3) is 0 Å². The summed E-state index contributed by atoms with van der Waals surface area (Å²) in [6.45, 7) is 0.581. The summed E-state index contributed by atoms with van der Waals surface area (Å²) in [5.74, 6) is 0.723. The Bertz CT molecular complexity index is 548. The summed E-state index contributed by atoms with van der Waals surface area (Å²) in [6, 6.07) is 7.26. The highest BCUT2D eigenvalue weighted by Crippen LogP contribution is 2.26. The van der Waals surface area contributed by atoms with Gasteiger partial charge in [0.05, 0.1) is 20.0 Å². The van der Waals surface area contributed by atoms with Crippen LogP contribution in [-0.4, -0.2) is 41.3 Å². The van der Waals surface area contributed by atoms with Gasteiger partial charge in [0.1, 0.15) is 11.9 Å². The lowest BCUT2D eigenvalue weighted by molar-refractivity contribution is -0.195. The van der Waals surface area contributed by atoms with E-state index in [2.05, 4.69) is 0 Å². The van der Waals surface area contributed by atoms with Gasteiger partial charge in [0.25, 0.3) is 10.1 Å². The van der Waals surface area contributed by atoms with Gasteiger partial charge >= 0.3 is 0 Å². The Kier molecular flexibility index (Phi) is 6.19. The number of hydrogen-bond donors (Lipinski definition) is 0. The van der Waals surface area contributed by atoms with Crippen LogP contribution in [0.3, 0.4) is 0 Å². The fraction of sp³-hybridized carbons (Fsp3) is 0.600. The van der Waals surface area contributed by atoms with Crippen molar-refractivity contribution in [3.8, 4) is 5.75 Å². The number of ether oxygens (including phenoxy) is 3. The predicted octanol–water partition coefficient (Wildman–Crippen LogP) is 2.26. The van der Waals surface area contributed by atoms with E-state index < -0.39 is 16.2 Å². The van der Waals surface area contributed by atoms with E-state index in [0.29, 0.717) is 6.61 Å². The van der Waals surface area contributed by atoms with E-state index in [9.17, 15) is 8.42 Å². The lowest BCUT2D eigenvalue weighted by Gasteiger charge is -2.27. The fourth-order valence-electron chi connectivity index (χ4n) is 2.22. The highest BCUT2D eigenvalue weighted by atomic mass is 32.2. The zero-order valence-corrected chi connectivity index (χ0v) is 13.7. The number of benzene rings is 1. The first-order valence-corrected chi connectivity index (χ1v) is 9.05. The topological polar surface area (TPSA) is 71.1 Å². The van der Waals surface area contributed by atoms with Crippen molar-refractivity contribution in [2.75, 3.05) is 26.6 Å². The van der Waals surface area contributed by atoms with Gasteiger partial charge in [0.2, 0.25) is 0 Å². The summed E-state index contributed by atoms with van der Waals surface area (Å²) in [6.07, 6.45) is 3.04. The van der Waals surface area contributed by atoms with Crippen LogP contribution in [0.2, 0.25) is 0 Å². The molecule has 1 fully saturated rings. The van der Waals surface area contributed by atoms with Crippen LogP contribution in [0.15, 0.2) is 24.3 Å². The van der Waals surface area contributed by atoms with Crippen LogP contribution in [0.1, 0.15) is 30.9 Å². The van der Waals surface area contributed by atoms with Crippen LogP contribution < -0.4 is 4.74 Å². The van der Waals surface area contributed by atoms with Crippen molar-refractivity contribution in [2.45, 2.75) is 31.7 Å². The average Bonchev–Trinajstić information content (AvgIpc) is 2.52. The molecule has 1 aromatic carbocycles. The van der Waals surface area contributed by atoms with Crippen molar-refractivity contribution < 1.29 is 26.8 Å². The van der Waals surface area contributed by atoms with Crippen molar-refractivity contribution in [1.29, 1.82) is 0 Å². The Morgan fingerprint density at radius 3 is 2.55 bits per heavy atom. The second-order valence-corrected chi connectivity index (χ2v) is 6.83. The summed E-state index contributed by atoms with van der Waals surface area (Å²) in [7, 11) is -1.94. The smallest absolute Gasteiger partial charge is 0.264 e. The summed E-state index contributed by atoms with van der Waals surface area (Å²) in [4.78, 5) is 0. The van der Waals surface area contributed by atoms with Crippen LogP contribution >= 0.6 is 0 Å². The number of rotatable bonds is 7. The zero-order valence-electron chi connectivity index (χ0n) is 12.9. The van der Waals surface area contributed by atoms with Gasteiger partial charge in [-0.1, -0.05) is 12.1 Å². The van der Waals surface area contributed by atoms with Crippen molar-refractivity contribution in [1.82, 2.24) is 0 Å². The Hall–Kier alpha value is -1.15. The molecule has 0 N–H and O–H groups in total. The molecule has 2 unspecified atom stereocenters. The first-order valence-electron chi connectivity index (χ1n) is 7.23. The van der Waals surface area contributed by atoms with Gasteiger partial charge in [-0.2, -0.15) is 8.42 Å². The molecule has 2 atom stereocenters.